The van der Waals surface area contributed by atoms with Crippen LogP contribution in [0.3, 0.4) is 0 Å². The molecule has 0 radical (unpaired) electrons. The first-order chi connectivity index (χ1) is 8.18. The summed E-state index contributed by atoms with van der Waals surface area (Å²) in [5.74, 6) is 1.04. The summed E-state index contributed by atoms with van der Waals surface area (Å²) in [4.78, 5) is 17.7. The van der Waals surface area contributed by atoms with Gasteiger partial charge >= 0.3 is 0 Å². The second-order valence-corrected chi connectivity index (χ2v) is 4.60. The Kier molecular flexibility index (Phi) is 3.66. The minimum atomic E-state index is 0.177. The highest BCUT2D eigenvalue weighted by molar-refractivity contribution is 5.73. The number of imidazole rings is 1. The quantitative estimate of drug-likeness (QED) is 0.859. The predicted molar refractivity (Wildman–Crippen MR) is 66.7 cm³/mol. The van der Waals surface area contributed by atoms with Crippen molar-refractivity contribution in [2.45, 2.75) is 32.2 Å². The first-order valence-corrected chi connectivity index (χ1v) is 6.17. The molecule has 0 bridgehead atoms. The molecule has 1 N–H and O–H groups in total. The summed E-state index contributed by atoms with van der Waals surface area (Å²) in [5.41, 5.74) is 0. The summed E-state index contributed by atoms with van der Waals surface area (Å²) in [7, 11) is 1.96. The van der Waals surface area contributed by atoms with Gasteiger partial charge in [0, 0.05) is 45.5 Å². The number of likely N-dealkylation sites (tertiary alicyclic amines) is 1. The fourth-order valence-corrected chi connectivity index (χ4v) is 2.37. The molecule has 5 heteroatoms. The van der Waals surface area contributed by atoms with Crippen LogP contribution in [0.15, 0.2) is 12.4 Å². The minimum absolute atomic E-state index is 0.177. The number of amides is 1. The molecule has 1 atom stereocenters. The van der Waals surface area contributed by atoms with Crippen LogP contribution < -0.4 is 5.32 Å². The molecule has 1 aromatic heterocycles. The van der Waals surface area contributed by atoms with E-state index in [0.29, 0.717) is 6.04 Å². The molecule has 17 heavy (non-hydrogen) atoms. The maximum absolute atomic E-state index is 11.5. The van der Waals surface area contributed by atoms with Crippen LogP contribution in [0.2, 0.25) is 0 Å². The van der Waals surface area contributed by atoms with E-state index in [-0.39, 0.29) is 5.91 Å². The van der Waals surface area contributed by atoms with Crippen molar-refractivity contribution in [3.63, 3.8) is 0 Å². The summed E-state index contributed by atoms with van der Waals surface area (Å²) in [6.45, 7) is 3.33. The van der Waals surface area contributed by atoms with Crippen molar-refractivity contribution in [2.24, 2.45) is 7.05 Å². The average molecular weight is 236 g/mol. The van der Waals surface area contributed by atoms with Gasteiger partial charge in [-0.25, -0.2) is 4.98 Å². The molecule has 1 aliphatic rings. The lowest BCUT2D eigenvalue weighted by atomic mass is 10.0. The van der Waals surface area contributed by atoms with Gasteiger partial charge in [0.15, 0.2) is 0 Å². The van der Waals surface area contributed by atoms with Crippen molar-refractivity contribution in [3.8, 4) is 0 Å². The van der Waals surface area contributed by atoms with E-state index in [1.54, 1.807) is 13.1 Å². The van der Waals surface area contributed by atoms with E-state index in [1.807, 2.05) is 22.7 Å². The number of aryl methyl sites for hydroxylation is 1. The van der Waals surface area contributed by atoms with Crippen LogP contribution in [0.4, 0.5) is 5.95 Å². The van der Waals surface area contributed by atoms with Crippen molar-refractivity contribution in [1.29, 1.82) is 0 Å². The third-order valence-electron chi connectivity index (χ3n) is 3.35. The zero-order valence-electron chi connectivity index (χ0n) is 10.5. The number of carbonyl (C=O) groups excluding carboxylic acids is 1. The first kappa shape index (κ1) is 12.0. The molecule has 2 rings (SSSR count). The lowest BCUT2D eigenvalue weighted by Crippen LogP contribution is -2.46. The number of nitrogens with one attached hydrogen (secondary N) is 1. The van der Waals surface area contributed by atoms with Crippen molar-refractivity contribution >= 4 is 11.9 Å². The van der Waals surface area contributed by atoms with Crippen LogP contribution >= 0.6 is 0 Å². The maximum Gasteiger partial charge on any atom is 0.219 e. The Morgan fingerprint density at radius 2 is 2.41 bits per heavy atom. The Labute approximate surface area is 102 Å². The minimum Gasteiger partial charge on any atom is -0.354 e. The van der Waals surface area contributed by atoms with Crippen molar-refractivity contribution in [1.82, 2.24) is 14.5 Å². The fourth-order valence-electron chi connectivity index (χ4n) is 2.37. The smallest absolute Gasteiger partial charge is 0.219 e. The van der Waals surface area contributed by atoms with Crippen LogP contribution in [-0.4, -0.2) is 39.5 Å². The Bertz CT molecular complexity index is 388. The molecule has 1 amide bonds. The SMILES string of the molecule is CC(=O)N1CCCCC1CNc1nccn1C. The molecule has 1 aliphatic heterocycles. The largest absolute Gasteiger partial charge is 0.354 e. The van der Waals surface area contributed by atoms with Gasteiger partial charge in [-0.05, 0) is 19.3 Å². The lowest BCUT2D eigenvalue weighted by Gasteiger charge is -2.35. The molecule has 1 unspecified atom stereocenters. The van der Waals surface area contributed by atoms with E-state index in [0.717, 1.165) is 31.9 Å². The van der Waals surface area contributed by atoms with Gasteiger partial charge in [0.25, 0.3) is 0 Å². The monoisotopic (exact) mass is 236 g/mol. The molecule has 0 spiro atoms. The molecular formula is C12H20N4O. The molecule has 5 nitrogen and oxygen atoms in total. The summed E-state index contributed by atoms with van der Waals surface area (Å²) < 4.78 is 1.95. The number of hydrogen-bond donors (Lipinski definition) is 1. The Morgan fingerprint density at radius 3 is 3.06 bits per heavy atom. The van der Waals surface area contributed by atoms with Crippen LogP contribution in [0.25, 0.3) is 0 Å². The van der Waals surface area contributed by atoms with Crippen LogP contribution in [0.5, 0.6) is 0 Å². The number of aromatic nitrogens is 2. The van der Waals surface area contributed by atoms with Gasteiger partial charge in [0.05, 0.1) is 0 Å². The van der Waals surface area contributed by atoms with E-state index in [4.69, 9.17) is 0 Å². The standard InChI is InChI=1S/C12H20N4O/c1-10(17)16-7-4-3-5-11(16)9-14-12-13-6-8-15(12)2/h6,8,11H,3-5,7,9H2,1-2H3,(H,13,14). The third kappa shape index (κ3) is 2.78. The summed E-state index contributed by atoms with van der Waals surface area (Å²) in [6, 6.07) is 0.304. The highest BCUT2D eigenvalue weighted by atomic mass is 16.2. The number of rotatable bonds is 3. The number of hydrogen-bond acceptors (Lipinski definition) is 3. The molecular weight excluding hydrogens is 216 g/mol. The summed E-state index contributed by atoms with van der Waals surface area (Å²) >= 11 is 0. The zero-order chi connectivity index (χ0) is 12.3. The second kappa shape index (κ2) is 5.21. The van der Waals surface area contributed by atoms with E-state index < -0.39 is 0 Å². The number of nitrogens with zero attached hydrogens (tertiary/aromatic N) is 3. The average Bonchev–Trinajstić information content (AvgIpc) is 2.72. The fraction of sp³-hybridized carbons (Fsp3) is 0.667. The number of anilines is 1. The molecule has 94 valence electrons. The van der Waals surface area contributed by atoms with Crippen LogP contribution in [0, 0.1) is 0 Å². The Hall–Kier alpha value is -1.52. The van der Waals surface area contributed by atoms with Gasteiger partial charge in [-0.1, -0.05) is 0 Å². The van der Waals surface area contributed by atoms with E-state index in [9.17, 15) is 4.79 Å². The lowest BCUT2D eigenvalue weighted by molar-refractivity contribution is -0.132. The highest BCUT2D eigenvalue weighted by Crippen LogP contribution is 2.17. The van der Waals surface area contributed by atoms with Gasteiger partial charge < -0.3 is 14.8 Å². The van der Waals surface area contributed by atoms with Gasteiger partial charge in [-0.15, -0.1) is 0 Å². The molecule has 1 fully saturated rings. The molecule has 1 aromatic rings. The first-order valence-electron chi connectivity index (χ1n) is 6.17. The molecule has 2 heterocycles. The van der Waals surface area contributed by atoms with Crippen LogP contribution in [0.1, 0.15) is 26.2 Å². The Balaban J connectivity index is 1.92. The normalized spacial score (nSPS) is 20.4. The van der Waals surface area contributed by atoms with Gasteiger partial charge in [-0.2, -0.15) is 0 Å². The van der Waals surface area contributed by atoms with Crippen molar-refractivity contribution in [2.75, 3.05) is 18.4 Å². The predicted octanol–water partition coefficient (Wildman–Crippen LogP) is 1.23. The van der Waals surface area contributed by atoms with Gasteiger partial charge in [0.1, 0.15) is 0 Å². The van der Waals surface area contributed by atoms with E-state index in [2.05, 4.69) is 10.3 Å². The molecule has 0 aliphatic carbocycles. The molecule has 1 saturated heterocycles. The van der Waals surface area contributed by atoms with Crippen molar-refractivity contribution < 1.29 is 4.79 Å². The topological polar surface area (TPSA) is 50.2 Å². The van der Waals surface area contributed by atoms with E-state index in [1.165, 1.54) is 6.42 Å². The van der Waals surface area contributed by atoms with Crippen molar-refractivity contribution in [3.05, 3.63) is 12.4 Å². The maximum atomic E-state index is 11.5. The van der Waals surface area contributed by atoms with Gasteiger partial charge in [0.2, 0.25) is 11.9 Å². The zero-order valence-corrected chi connectivity index (χ0v) is 10.5. The summed E-state index contributed by atoms with van der Waals surface area (Å²) in [5, 5.41) is 3.31. The molecule has 0 aromatic carbocycles. The second-order valence-electron chi connectivity index (χ2n) is 4.60. The highest BCUT2D eigenvalue weighted by Gasteiger charge is 2.24. The van der Waals surface area contributed by atoms with E-state index >= 15 is 0 Å². The van der Waals surface area contributed by atoms with Gasteiger partial charge in [-0.3, -0.25) is 4.79 Å². The number of piperidine rings is 1. The third-order valence-corrected chi connectivity index (χ3v) is 3.35. The number of carbonyl (C=O) groups is 1. The molecule has 0 saturated carbocycles. The van der Waals surface area contributed by atoms with Crippen LogP contribution in [-0.2, 0) is 11.8 Å². The Morgan fingerprint density at radius 1 is 1.59 bits per heavy atom. The summed E-state index contributed by atoms with van der Waals surface area (Å²) in [6.07, 6.45) is 7.09.